The lowest BCUT2D eigenvalue weighted by Crippen LogP contribution is -2.41. The molecule has 0 aliphatic carbocycles. The normalized spacial score (nSPS) is 12.4. The molecule has 8 heteroatoms. The second-order valence-corrected chi connectivity index (χ2v) is 14.3. The third-order valence-corrected chi connectivity index (χ3v) is 10.4. The quantitative estimate of drug-likeness (QED) is 0.331. The van der Waals surface area contributed by atoms with Crippen molar-refractivity contribution in [3.8, 4) is 0 Å². The Morgan fingerprint density at radius 3 is 2.50 bits per heavy atom. The number of pyridine rings is 1. The first kappa shape index (κ1) is 23.0. The Morgan fingerprint density at radius 1 is 1.29 bits per heavy atom. The maximum atomic E-state index is 14.4. The van der Waals surface area contributed by atoms with Crippen LogP contribution in [-0.2, 0) is 15.6 Å². The van der Waals surface area contributed by atoms with Crippen LogP contribution in [0, 0.1) is 9.39 Å². The number of carbonyl (C=O) groups is 1. The fourth-order valence-corrected chi connectivity index (χ4v) is 4.23. The molecular weight excluding hydrogens is 492 g/mol. The summed E-state index contributed by atoms with van der Waals surface area (Å²) in [6.07, 6.45) is 0.289. The van der Waals surface area contributed by atoms with Gasteiger partial charge in [-0.25, -0.2) is 9.18 Å². The van der Waals surface area contributed by atoms with Gasteiger partial charge in [0.25, 0.3) is 0 Å². The second kappa shape index (κ2) is 8.62. The molecule has 0 saturated carbocycles. The number of benzene rings is 1. The fourth-order valence-electron chi connectivity index (χ4n) is 2.60. The van der Waals surface area contributed by atoms with Crippen LogP contribution in [0.3, 0.4) is 0 Å². The molecule has 1 aromatic heterocycles. The number of aromatic amines is 1. The number of carbonyl (C=O) groups excluding carboxylic acids is 1. The van der Waals surface area contributed by atoms with Crippen molar-refractivity contribution in [2.45, 2.75) is 52.2 Å². The van der Waals surface area contributed by atoms with E-state index >= 15 is 0 Å². The number of esters is 1. The van der Waals surface area contributed by atoms with Gasteiger partial charge in [0.15, 0.2) is 8.32 Å². The zero-order chi connectivity index (χ0) is 21.3. The summed E-state index contributed by atoms with van der Waals surface area (Å²) < 4.78 is 26.3. The molecule has 2 rings (SSSR count). The van der Waals surface area contributed by atoms with Crippen LogP contribution in [0.4, 0.5) is 4.39 Å². The van der Waals surface area contributed by atoms with Gasteiger partial charge in [-0.2, -0.15) is 0 Å². The molecule has 154 valence electrons. The van der Waals surface area contributed by atoms with Gasteiger partial charge in [0, 0.05) is 22.3 Å². The highest BCUT2D eigenvalue weighted by Crippen LogP contribution is 2.36. The minimum Gasteiger partial charge on any atom is -0.462 e. The van der Waals surface area contributed by atoms with Crippen LogP contribution >= 0.6 is 22.6 Å². The predicted molar refractivity (Wildman–Crippen MR) is 120 cm³/mol. The zero-order valence-electron chi connectivity index (χ0n) is 17.2. The molecule has 0 unspecified atom stereocenters. The highest BCUT2D eigenvalue weighted by Gasteiger charge is 2.37. The van der Waals surface area contributed by atoms with Gasteiger partial charge in [-0.05, 0) is 59.8 Å². The minimum absolute atomic E-state index is 0.0383. The van der Waals surface area contributed by atoms with E-state index < -0.39 is 25.5 Å². The molecule has 0 amide bonds. The van der Waals surface area contributed by atoms with Gasteiger partial charge >= 0.3 is 5.97 Å². The Hall–Kier alpha value is -1.26. The van der Waals surface area contributed by atoms with Gasteiger partial charge in [-0.15, -0.1) is 0 Å². The first-order valence-electron chi connectivity index (χ1n) is 9.24. The van der Waals surface area contributed by atoms with Crippen LogP contribution in [0.25, 0.3) is 10.9 Å². The van der Waals surface area contributed by atoms with Crippen LogP contribution in [0.5, 0.6) is 0 Å². The predicted octanol–water partition coefficient (Wildman–Crippen LogP) is 5.01. The van der Waals surface area contributed by atoms with Crippen LogP contribution in [0.2, 0.25) is 18.1 Å². The van der Waals surface area contributed by atoms with Gasteiger partial charge in [-0.3, -0.25) is 4.79 Å². The van der Waals surface area contributed by atoms with Gasteiger partial charge in [0.05, 0.1) is 17.5 Å². The molecule has 0 bridgehead atoms. The lowest BCUT2D eigenvalue weighted by Gasteiger charge is -2.36. The lowest BCUT2D eigenvalue weighted by molar-refractivity contribution is 0.0523. The van der Waals surface area contributed by atoms with E-state index in [1.807, 2.05) is 22.6 Å². The minimum atomic E-state index is -1.99. The highest BCUT2D eigenvalue weighted by molar-refractivity contribution is 14.1. The van der Waals surface area contributed by atoms with E-state index in [9.17, 15) is 14.0 Å². The van der Waals surface area contributed by atoms with Crippen LogP contribution in [-0.4, -0.2) is 32.5 Å². The second-order valence-electron chi connectivity index (χ2n) is 8.20. The van der Waals surface area contributed by atoms with Crippen LogP contribution in [0.1, 0.15) is 43.7 Å². The van der Waals surface area contributed by atoms with Gasteiger partial charge < -0.3 is 14.1 Å². The van der Waals surface area contributed by atoms with Crippen molar-refractivity contribution in [2.24, 2.45) is 0 Å². The molecule has 1 aromatic carbocycles. The van der Waals surface area contributed by atoms with Crippen molar-refractivity contribution in [3.63, 3.8) is 0 Å². The number of nitrogens with one attached hydrogen (secondary N) is 1. The SMILES string of the molecule is CCOC(=O)c1c(CCO[Si](C)(C)C(C)(C)C)[nH]c2c(F)cc(I)cc2c1=O. The maximum absolute atomic E-state index is 14.4. The van der Waals surface area contributed by atoms with E-state index in [0.29, 0.717) is 15.9 Å². The molecule has 0 aliphatic heterocycles. The zero-order valence-corrected chi connectivity index (χ0v) is 20.3. The maximum Gasteiger partial charge on any atom is 0.343 e. The summed E-state index contributed by atoms with van der Waals surface area (Å²) in [7, 11) is -1.99. The number of aromatic nitrogens is 1. The molecule has 28 heavy (non-hydrogen) atoms. The molecule has 0 spiro atoms. The van der Waals surface area contributed by atoms with Gasteiger partial charge in [0.2, 0.25) is 5.43 Å². The number of H-pyrrole nitrogens is 1. The van der Waals surface area contributed by atoms with Crippen molar-refractivity contribution >= 4 is 47.8 Å². The summed E-state index contributed by atoms with van der Waals surface area (Å²) in [5, 5.41) is 0.179. The van der Waals surface area contributed by atoms with Gasteiger partial charge in [0.1, 0.15) is 11.4 Å². The molecular formula is C20H27FINO4Si. The summed E-state index contributed by atoms with van der Waals surface area (Å²) in [5.74, 6) is -1.23. The van der Waals surface area contributed by atoms with E-state index in [-0.39, 0.29) is 34.5 Å². The Balaban J connectivity index is 2.50. The molecule has 1 heterocycles. The summed E-state index contributed by atoms with van der Waals surface area (Å²) in [4.78, 5) is 28.4. The first-order valence-corrected chi connectivity index (χ1v) is 13.2. The molecule has 0 atom stereocenters. The molecule has 0 aliphatic rings. The Bertz CT molecular complexity index is 950. The number of fused-ring (bicyclic) bond motifs is 1. The summed E-state index contributed by atoms with van der Waals surface area (Å²) >= 11 is 1.94. The third-order valence-electron chi connectivity index (χ3n) is 5.21. The number of hydrogen-bond acceptors (Lipinski definition) is 4. The van der Waals surface area contributed by atoms with E-state index in [1.54, 1.807) is 13.0 Å². The molecule has 1 N–H and O–H groups in total. The van der Waals surface area contributed by atoms with Crippen molar-refractivity contribution in [1.82, 2.24) is 4.98 Å². The average molecular weight is 519 g/mol. The summed E-state index contributed by atoms with van der Waals surface area (Å²) in [5.41, 5.74) is -0.155. The van der Waals surface area contributed by atoms with E-state index in [2.05, 4.69) is 38.8 Å². The Morgan fingerprint density at radius 2 is 1.93 bits per heavy atom. The molecule has 0 radical (unpaired) electrons. The standard InChI is InChI=1S/C20H27FINO4Si/c1-7-26-19(25)16-15(8-9-27-28(5,6)20(2,3)4)23-17-13(18(16)24)10-12(22)11-14(17)21/h10-11H,7-9H2,1-6H3,(H,23,24). The molecule has 2 aromatic rings. The Labute approximate surface area is 179 Å². The Kier molecular flexibility index (Phi) is 7.09. The van der Waals surface area contributed by atoms with Crippen molar-refractivity contribution < 1.29 is 18.3 Å². The number of hydrogen-bond donors (Lipinski definition) is 1. The van der Waals surface area contributed by atoms with E-state index in [1.165, 1.54) is 6.07 Å². The molecule has 0 fully saturated rings. The number of rotatable bonds is 6. The highest BCUT2D eigenvalue weighted by atomic mass is 127. The van der Waals surface area contributed by atoms with E-state index in [0.717, 1.165) is 0 Å². The van der Waals surface area contributed by atoms with Crippen molar-refractivity contribution in [1.29, 1.82) is 0 Å². The van der Waals surface area contributed by atoms with Gasteiger partial charge in [-0.1, -0.05) is 20.8 Å². The largest absolute Gasteiger partial charge is 0.462 e. The molecule has 0 saturated heterocycles. The van der Waals surface area contributed by atoms with E-state index in [4.69, 9.17) is 9.16 Å². The first-order chi connectivity index (χ1) is 12.9. The average Bonchev–Trinajstić information content (AvgIpc) is 2.55. The van der Waals surface area contributed by atoms with Crippen LogP contribution < -0.4 is 5.43 Å². The monoisotopic (exact) mass is 519 g/mol. The number of halogens is 2. The van der Waals surface area contributed by atoms with Crippen LogP contribution in [0.15, 0.2) is 16.9 Å². The topological polar surface area (TPSA) is 68.4 Å². The molecule has 5 nitrogen and oxygen atoms in total. The van der Waals surface area contributed by atoms with Crippen molar-refractivity contribution in [3.05, 3.63) is 43.0 Å². The van der Waals surface area contributed by atoms with Crippen molar-refractivity contribution in [2.75, 3.05) is 13.2 Å². The summed E-state index contributed by atoms with van der Waals surface area (Å²) in [6, 6.07) is 2.91. The third kappa shape index (κ3) is 4.83. The smallest absolute Gasteiger partial charge is 0.343 e. The fraction of sp³-hybridized carbons (Fsp3) is 0.500. The number of ether oxygens (including phenoxy) is 1. The lowest BCUT2D eigenvalue weighted by atomic mass is 10.1. The summed E-state index contributed by atoms with van der Waals surface area (Å²) in [6.45, 7) is 12.8.